The maximum Gasteiger partial charge on any atom is 1.00 e. The fourth-order valence-corrected chi connectivity index (χ4v) is 6.30. The Kier molecular flexibility index (Phi) is 40.6. The summed E-state index contributed by atoms with van der Waals surface area (Å²) in [5, 5.41) is 49.0. The predicted octanol–water partition coefficient (Wildman–Crippen LogP) is 2.37. The predicted molar refractivity (Wildman–Crippen MR) is 288 cm³/mol. The number of nitrogens with zero attached hydrogens (tertiary/aromatic N) is 2. The zero-order valence-corrected chi connectivity index (χ0v) is 51.3. The van der Waals surface area contributed by atoms with E-state index in [0.29, 0.717) is 0 Å². The number of aromatic hydroxyl groups is 1. The number of aryl methyl sites for hydroxylation is 3. The number of hydrogen-bond acceptors (Lipinski definition) is 21. The first-order valence-corrected chi connectivity index (χ1v) is 26.6. The van der Waals surface area contributed by atoms with Gasteiger partial charge in [-0.05, 0) is 98.8 Å². The zero-order valence-electron chi connectivity index (χ0n) is 44.9. The van der Waals surface area contributed by atoms with Gasteiger partial charge in [-0.1, -0.05) is 102 Å². The molecule has 0 radical (unpaired) electrons. The fourth-order valence-electron chi connectivity index (χ4n) is 5.20. The van der Waals surface area contributed by atoms with Crippen molar-refractivity contribution in [2.75, 3.05) is 24.6 Å². The summed E-state index contributed by atoms with van der Waals surface area (Å²) in [5.74, 6) is -0.248. The first kappa shape index (κ1) is 77.0. The number of aliphatic hydroxyl groups excluding tert-OH is 2. The van der Waals surface area contributed by atoms with Crippen LogP contribution in [-0.2, 0) is 56.1 Å². The number of carbonyl (C=O) groups is 3. The third-order valence-electron chi connectivity index (χ3n) is 9.32. The molecule has 6 rings (SSSR count). The van der Waals surface area contributed by atoms with E-state index in [2.05, 4.69) is 10.1 Å². The Hall–Kier alpha value is -6.08. The SMILES string of the molecule is Cc1ccc(CO)cc1.Cc1ccc(COC(=O)NCCCS(=O)(=O)[O-])cc1.Cc1ccc(COC(=O)Oc2ccc([N+](=O)[O-])cc2)cc1.NCCCS(=O)(=O)[O-].O=C(Cl)Oc1ccc([N+](=O)[O-])cc1.OCc1ccc(O)cc1.[Na+].[Na+]. The van der Waals surface area contributed by atoms with E-state index in [1.165, 1.54) is 54.1 Å². The van der Waals surface area contributed by atoms with Crippen LogP contribution in [0.25, 0.3) is 0 Å². The van der Waals surface area contributed by atoms with Gasteiger partial charge in [0.05, 0.1) is 43.3 Å². The van der Waals surface area contributed by atoms with Crippen LogP contribution in [-0.4, -0.2) is 93.4 Å². The molecule has 1 amide bonds. The van der Waals surface area contributed by atoms with Crippen LogP contribution in [0.2, 0.25) is 0 Å². The number of aliphatic hydroxyl groups is 2. The topological polar surface area (TPSA) is 388 Å². The molecule has 6 aromatic rings. The van der Waals surface area contributed by atoms with Gasteiger partial charge in [-0.2, -0.15) is 0 Å². The molecule has 0 heterocycles. The second-order valence-electron chi connectivity index (χ2n) is 15.9. The molecule has 0 fully saturated rings. The molecule has 0 saturated carbocycles. The molecule has 0 aliphatic heterocycles. The third kappa shape index (κ3) is 40.7. The number of nitrogens with one attached hydrogen (secondary N) is 1. The number of carbonyl (C=O) groups excluding carboxylic acids is 3. The van der Waals surface area contributed by atoms with Gasteiger partial charge >= 0.3 is 76.8 Å². The van der Waals surface area contributed by atoms with Gasteiger partial charge in [-0.25, -0.2) is 31.2 Å². The number of benzene rings is 6. The molecule has 81 heavy (non-hydrogen) atoms. The number of nitro benzene ring substituents is 2. The number of hydrogen-bond donors (Lipinski definition) is 5. The summed E-state index contributed by atoms with van der Waals surface area (Å²) in [5.41, 5.74) is 10.8. The Bertz CT molecular complexity index is 2960. The summed E-state index contributed by atoms with van der Waals surface area (Å²) in [4.78, 5) is 52.6. The largest absolute Gasteiger partial charge is 1.00 e. The van der Waals surface area contributed by atoms with Crippen molar-refractivity contribution < 1.29 is 144 Å². The van der Waals surface area contributed by atoms with E-state index < -0.39 is 53.5 Å². The number of rotatable bonds is 17. The van der Waals surface area contributed by atoms with Gasteiger partial charge in [0.25, 0.3) is 11.4 Å². The minimum Gasteiger partial charge on any atom is -0.748 e. The molecule has 0 unspecified atom stereocenters. The monoisotopic (exact) mass is 1200 g/mol. The minimum absolute atomic E-state index is 0. The number of nitro groups is 2. The van der Waals surface area contributed by atoms with Crippen LogP contribution in [0, 0.1) is 41.0 Å². The van der Waals surface area contributed by atoms with Crippen LogP contribution >= 0.6 is 11.6 Å². The van der Waals surface area contributed by atoms with Gasteiger partial charge in [0.2, 0.25) is 0 Å². The van der Waals surface area contributed by atoms with Gasteiger partial charge in [0.15, 0.2) is 0 Å². The molecule has 0 aliphatic rings. The van der Waals surface area contributed by atoms with Crippen molar-refractivity contribution in [1.29, 1.82) is 0 Å². The van der Waals surface area contributed by atoms with Crippen molar-refractivity contribution in [1.82, 2.24) is 5.32 Å². The minimum atomic E-state index is -4.22. The number of phenols is 1. The van der Waals surface area contributed by atoms with Crippen LogP contribution in [0.4, 0.5) is 25.8 Å². The molecule has 428 valence electrons. The van der Waals surface area contributed by atoms with Crippen molar-refractivity contribution in [3.63, 3.8) is 0 Å². The average molecular weight is 1210 g/mol. The van der Waals surface area contributed by atoms with Gasteiger partial charge in [0.1, 0.15) is 30.5 Å². The van der Waals surface area contributed by atoms with Crippen molar-refractivity contribution >= 4 is 60.9 Å². The molecule has 24 nitrogen and oxygen atoms in total. The second kappa shape index (κ2) is 42.7. The Morgan fingerprint density at radius 2 is 0.901 bits per heavy atom. The van der Waals surface area contributed by atoms with Crippen molar-refractivity contribution in [2.24, 2.45) is 5.73 Å². The van der Waals surface area contributed by atoms with E-state index in [0.717, 1.165) is 33.4 Å². The number of ether oxygens (including phenoxy) is 4. The Labute approximate surface area is 517 Å². The smallest absolute Gasteiger partial charge is 0.748 e. The Morgan fingerprint density at radius 3 is 1.23 bits per heavy atom. The summed E-state index contributed by atoms with van der Waals surface area (Å²) in [6.45, 7) is 6.71. The molecule has 0 aliphatic carbocycles. The molecular formula is C52H59ClN4Na2O20S2. The van der Waals surface area contributed by atoms with Gasteiger partial charge in [-0.15, -0.1) is 0 Å². The fraction of sp³-hybridized carbons (Fsp3) is 0.250. The first-order valence-electron chi connectivity index (χ1n) is 23.1. The van der Waals surface area contributed by atoms with E-state index in [4.69, 9.17) is 46.9 Å². The Balaban J connectivity index is 0. The molecule has 6 N–H and O–H groups in total. The Morgan fingerprint density at radius 1 is 0.556 bits per heavy atom. The summed E-state index contributed by atoms with van der Waals surface area (Å²) >= 11 is 4.92. The molecule has 29 heteroatoms. The number of alkyl carbamates (subject to hydrolysis) is 1. The van der Waals surface area contributed by atoms with Crippen molar-refractivity contribution in [3.8, 4) is 17.2 Å². The van der Waals surface area contributed by atoms with Gasteiger partial charge < -0.3 is 54.4 Å². The van der Waals surface area contributed by atoms with Gasteiger partial charge in [-0.3, -0.25) is 20.2 Å². The summed E-state index contributed by atoms with van der Waals surface area (Å²) in [6, 6.07) is 39.6. The van der Waals surface area contributed by atoms with Crippen LogP contribution < -0.4 is 79.6 Å². The quantitative estimate of drug-likeness (QED) is 0.0128. The third-order valence-corrected chi connectivity index (χ3v) is 11.0. The molecule has 0 saturated heterocycles. The summed E-state index contributed by atoms with van der Waals surface area (Å²) in [7, 11) is -8.24. The number of amides is 1. The molecular weight excluding hydrogens is 1150 g/mol. The van der Waals surface area contributed by atoms with Gasteiger partial charge in [0, 0.05) is 53.9 Å². The van der Waals surface area contributed by atoms with E-state index in [-0.39, 0.29) is 146 Å². The molecule has 6 aromatic carbocycles. The summed E-state index contributed by atoms with van der Waals surface area (Å²) < 4.78 is 79.5. The summed E-state index contributed by atoms with van der Waals surface area (Å²) in [6.07, 6.45) is -1.16. The van der Waals surface area contributed by atoms with Crippen LogP contribution in [0.15, 0.2) is 146 Å². The first-order chi connectivity index (χ1) is 37.2. The van der Waals surface area contributed by atoms with E-state index in [9.17, 15) is 60.6 Å². The van der Waals surface area contributed by atoms with Crippen LogP contribution in [0.3, 0.4) is 0 Å². The number of phenolic OH excluding ortho intramolecular Hbond substituents is 1. The molecule has 0 atom stereocenters. The van der Waals surface area contributed by atoms with E-state index in [1.54, 1.807) is 24.3 Å². The molecule has 0 spiro atoms. The van der Waals surface area contributed by atoms with Crippen LogP contribution in [0.1, 0.15) is 51.8 Å². The van der Waals surface area contributed by atoms with Crippen molar-refractivity contribution in [3.05, 3.63) is 205 Å². The second-order valence-corrected chi connectivity index (χ2v) is 19.3. The number of non-ortho nitro benzene ring substituents is 2. The standard InChI is InChI=1S/C15H13NO5.C12H17NO5S.C8H10O.C7H4ClNO4.C7H8O2.C3H9NO3S.2Na/c1-11-2-4-12(5-3-11)10-20-15(17)21-14-8-6-13(7-9-14)16(18)19;1-10-3-5-11(6-4-10)9-18-12(14)13-7-2-8-19(15,16)17;1-7-2-4-8(6-9)5-3-7;8-7(10)13-6-3-1-5(2-4-6)9(11)12;8-5-6-1-3-7(9)4-2-6;4-2-1-3-8(5,6)7;;/h2-9H,10H2,1H3;3-6H,2,7-9H2,1H3,(H,13,14)(H,15,16,17);2-5,9H,6H2,1H3;1-4H;1-4,8-9H,5H2;1-4H2,(H,5,6,7);;/q;;;;;;2*+1/p-2. The number of halogens is 1. The number of nitrogens with two attached hydrogens (primary N) is 1. The van der Waals surface area contributed by atoms with E-state index in [1.807, 2.05) is 93.6 Å². The maximum absolute atomic E-state index is 11.5. The average Bonchev–Trinajstić information content (AvgIpc) is 3.40. The zero-order chi connectivity index (χ0) is 59.4. The van der Waals surface area contributed by atoms with Crippen molar-refractivity contribution in [2.45, 2.75) is 60.0 Å². The van der Waals surface area contributed by atoms with Crippen LogP contribution in [0.5, 0.6) is 17.2 Å². The normalized spacial score (nSPS) is 9.94. The maximum atomic E-state index is 11.5. The van der Waals surface area contributed by atoms with E-state index >= 15 is 0 Å². The molecule has 0 aromatic heterocycles. The molecule has 0 bridgehead atoms.